The molecule has 0 aromatic carbocycles. The lowest BCUT2D eigenvalue weighted by atomic mass is 10.0. The summed E-state index contributed by atoms with van der Waals surface area (Å²) in [4.78, 5) is 11.5. The summed E-state index contributed by atoms with van der Waals surface area (Å²) in [6, 6.07) is 0. The normalized spacial score (nSPS) is 23.7. The first kappa shape index (κ1) is 15.4. The fourth-order valence-corrected chi connectivity index (χ4v) is 2.35. The zero-order chi connectivity index (χ0) is 13.2. The molecule has 1 fully saturated rings. The van der Waals surface area contributed by atoms with Crippen LogP contribution >= 0.6 is 0 Å². The molecule has 1 aliphatic rings. The van der Waals surface area contributed by atoms with Crippen LogP contribution in [0.2, 0.25) is 0 Å². The summed E-state index contributed by atoms with van der Waals surface area (Å²) in [5, 5.41) is 18.4. The maximum atomic E-state index is 11.5. The Hall–Kier alpha value is -0.610. The standard InChI is InChI=1S/C14H26O4/c15-11-5-6-12(16)9-10-13-7-3-1-2-4-8-14(17)18-13/h12-13,15-16H,1-11H2. The Kier molecular flexibility index (Phi) is 8.01. The molecule has 2 atom stereocenters. The van der Waals surface area contributed by atoms with Gasteiger partial charge in [0.1, 0.15) is 6.10 Å². The van der Waals surface area contributed by atoms with Gasteiger partial charge in [0.15, 0.2) is 0 Å². The molecule has 106 valence electrons. The van der Waals surface area contributed by atoms with Crippen LogP contribution in [-0.4, -0.2) is 35.0 Å². The molecular weight excluding hydrogens is 232 g/mol. The van der Waals surface area contributed by atoms with E-state index in [1.165, 1.54) is 6.42 Å². The molecule has 0 amide bonds. The molecule has 1 heterocycles. The molecule has 18 heavy (non-hydrogen) atoms. The molecule has 4 heteroatoms. The highest BCUT2D eigenvalue weighted by Crippen LogP contribution is 2.19. The van der Waals surface area contributed by atoms with Gasteiger partial charge in [0.2, 0.25) is 0 Å². The third-order valence-corrected chi connectivity index (χ3v) is 3.47. The molecule has 0 aliphatic carbocycles. The Labute approximate surface area is 109 Å². The zero-order valence-corrected chi connectivity index (χ0v) is 11.1. The maximum absolute atomic E-state index is 11.5. The van der Waals surface area contributed by atoms with Gasteiger partial charge in [-0.1, -0.05) is 12.8 Å². The lowest BCUT2D eigenvalue weighted by Crippen LogP contribution is -2.20. The van der Waals surface area contributed by atoms with Gasteiger partial charge in [-0.25, -0.2) is 0 Å². The van der Waals surface area contributed by atoms with E-state index in [9.17, 15) is 9.90 Å². The number of cyclic esters (lactones) is 1. The molecule has 1 rings (SSSR count). The number of carbonyl (C=O) groups is 1. The van der Waals surface area contributed by atoms with E-state index in [4.69, 9.17) is 9.84 Å². The largest absolute Gasteiger partial charge is 0.462 e. The van der Waals surface area contributed by atoms with E-state index in [1.54, 1.807) is 0 Å². The molecule has 1 aliphatic heterocycles. The number of rotatable bonds is 6. The van der Waals surface area contributed by atoms with E-state index in [2.05, 4.69) is 0 Å². The Morgan fingerprint density at radius 2 is 2.00 bits per heavy atom. The lowest BCUT2D eigenvalue weighted by Gasteiger charge is -2.18. The highest BCUT2D eigenvalue weighted by atomic mass is 16.5. The molecule has 0 saturated carbocycles. The third-order valence-electron chi connectivity index (χ3n) is 3.47. The molecule has 0 radical (unpaired) electrons. The lowest BCUT2D eigenvalue weighted by molar-refractivity contribution is -0.149. The Bertz CT molecular complexity index is 230. The van der Waals surface area contributed by atoms with Crippen molar-refractivity contribution in [3.8, 4) is 0 Å². The molecule has 2 N–H and O–H groups in total. The van der Waals surface area contributed by atoms with E-state index >= 15 is 0 Å². The molecule has 1 saturated heterocycles. The number of carbonyl (C=O) groups excluding carboxylic acids is 1. The third kappa shape index (κ3) is 6.97. The van der Waals surface area contributed by atoms with Crippen LogP contribution < -0.4 is 0 Å². The summed E-state index contributed by atoms with van der Waals surface area (Å²) in [7, 11) is 0. The summed E-state index contributed by atoms with van der Waals surface area (Å²) < 4.78 is 5.43. The first-order chi connectivity index (χ1) is 8.72. The molecule has 2 unspecified atom stereocenters. The number of hydrogen-bond acceptors (Lipinski definition) is 4. The molecule has 0 aromatic rings. The molecule has 4 nitrogen and oxygen atoms in total. The van der Waals surface area contributed by atoms with Gasteiger partial charge in [-0.05, 0) is 44.9 Å². The summed E-state index contributed by atoms with van der Waals surface area (Å²) in [5.41, 5.74) is 0. The molecule has 0 spiro atoms. The van der Waals surface area contributed by atoms with Crippen LogP contribution in [0.1, 0.15) is 64.2 Å². The Morgan fingerprint density at radius 3 is 2.78 bits per heavy atom. The molecular formula is C14H26O4. The van der Waals surface area contributed by atoms with Crippen LogP contribution in [0.4, 0.5) is 0 Å². The molecule has 0 aromatic heterocycles. The summed E-state index contributed by atoms with van der Waals surface area (Å²) in [6.45, 7) is 0.121. The van der Waals surface area contributed by atoms with Gasteiger partial charge in [0.05, 0.1) is 6.10 Å². The van der Waals surface area contributed by atoms with E-state index < -0.39 is 0 Å². The predicted molar refractivity (Wildman–Crippen MR) is 69.1 cm³/mol. The average molecular weight is 258 g/mol. The van der Waals surface area contributed by atoms with E-state index in [0.717, 1.165) is 32.1 Å². The van der Waals surface area contributed by atoms with E-state index in [1.807, 2.05) is 0 Å². The topological polar surface area (TPSA) is 66.8 Å². The smallest absolute Gasteiger partial charge is 0.306 e. The minimum atomic E-state index is -0.386. The number of hydrogen-bond donors (Lipinski definition) is 2. The first-order valence-electron chi connectivity index (χ1n) is 7.20. The van der Waals surface area contributed by atoms with Crippen molar-refractivity contribution in [2.24, 2.45) is 0 Å². The van der Waals surface area contributed by atoms with Crippen LogP contribution in [0.3, 0.4) is 0 Å². The summed E-state index contributed by atoms with van der Waals surface area (Å²) in [6.07, 6.45) is 7.99. The van der Waals surface area contributed by atoms with E-state index in [-0.39, 0.29) is 24.8 Å². The summed E-state index contributed by atoms with van der Waals surface area (Å²) in [5.74, 6) is -0.0910. The van der Waals surface area contributed by atoms with Crippen LogP contribution in [-0.2, 0) is 9.53 Å². The minimum absolute atomic E-state index is 0.0284. The highest BCUT2D eigenvalue weighted by Gasteiger charge is 2.17. The maximum Gasteiger partial charge on any atom is 0.306 e. The SMILES string of the molecule is O=C1CCCCCCC(CCC(O)CCCO)O1. The fraction of sp³-hybridized carbons (Fsp3) is 0.929. The molecule has 0 bridgehead atoms. The van der Waals surface area contributed by atoms with Gasteiger partial charge in [-0.3, -0.25) is 4.79 Å². The second-order valence-corrected chi connectivity index (χ2v) is 5.16. The van der Waals surface area contributed by atoms with Gasteiger partial charge in [0, 0.05) is 13.0 Å². The van der Waals surface area contributed by atoms with Crippen molar-refractivity contribution in [3.63, 3.8) is 0 Å². The van der Waals surface area contributed by atoms with Crippen molar-refractivity contribution in [1.29, 1.82) is 0 Å². The average Bonchev–Trinajstić information content (AvgIpc) is 2.46. The minimum Gasteiger partial charge on any atom is -0.462 e. The van der Waals surface area contributed by atoms with Crippen LogP contribution in [0.5, 0.6) is 0 Å². The van der Waals surface area contributed by atoms with Crippen molar-refractivity contribution in [2.75, 3.05) is 6.61 Å². The quantitative estimate of drug-likeness (QED) is 0.716. The van der Waals surface area contributed by atoms with Gasteiger partial charge < -0.3 is 14.9 Å². The highest BCUT2D eigenvalue weighted by molar-refractivity contribution is 5.69. The van der Waals surface area contributed by atoms with Gasteiger partial charge >= 0.3 is 5.97 Å². The van der Waals surface area contributed by atoms with Crippen molar-refractivity contribution in [2.45, 2.75) is 76.4 Å². The van der Waals surface area contributed by atoms with Crippen molar-refractivity contribution >= 4 is 5.97 Å². The van der Waals surface area contributed by atoms with Gasteiger partial charge in [-0.2, -0.15) is 0 Å². The Balaban J connectivity index is 2.26. The second kappa shape index (κ2) is 9.34. The van der Waals surface area contributed by atoms with E-state index in [0.29, 0.717) is 25.7 Å². The zero-order valence-electron chi connectivity index (χ0n) is 11.1. The monoisotopic (exact) mass is 258 g/mol. The van der Waals surface area contributed by atoms with Crippen LogP contribution in [0.25, 0.3) is 0 Å². The summed E-state index contributed by atoms with van der Waals surface area (Å²) >= 11 is 0. The number of aliphatic hydroxyl groups excluding tert-OH is 2. The van der Waals surface area contributed by atoms with Gasteiger partial charge in [-0.15, -0.1) is 0 Å². The number of esters is 1. The first-order valence-corrected chi connectivity index (χ1v) is 7.20. The van der Waals surface area contributed by atoms with Gasteiger partial charge in [0.25, 0.3) is 0 Å². The van der Waals surface area contributed by atoms with Crippen LogP contribution in [0, 0.1) is 0 Å². The van der Waals surface area contributed by atoms with Crippen molar-refractivity contribution in [3.05, 3.63) is 0 Å². The number of aliphatic hydroxyl groups is 2. The number of ether oxygens (including phenoxy) is 1. The Morgan fingerprint density at radius 1 is 1.22 bits per heavy atom. The van der Waals surface area contributed by atoms with Crippen molar-refractivity contribution < 1.29 is 19.7 Å². The van der Waals surface area contributed by atoms with Crippen LogP contribution in [0.15, 0.2) is 0 Å². The fourth-order valence-electron chi connectivity index (χ4n) is 2.35. The van der Waals surface area contributed by atoms with Crippen molar-refractivity contribution in [1.82, 2.24) is 0 Å². The predicted octanol–water partition coefficient (Wildman–Crippen LogP) is 2.17. The second-order valence-electron chi connectivity index (χ2n) is 5.16.